The highest BCUT2D eigenvalue weighted by Crippen LogP contribution is 2.24. The first-order valence-corrected chi connectivity index (χ1v) is 5.05. The molecule has 0 unspecified atom stereocenters. The Kier molecular flexibility index (Phi) is 2.93. The second-order valence-electron chi connectivity index (χ2n) is 3.91. The highest BCUT2D eigenvalue weighted by Gasteiger charge is 2.30. The predicted octanol–water partition coefficient (Wildman–Crippen LogP) is 1.79. The minimum absolute atomic E-state index is 0.0442. The maximum absolute atomic E-state index is 12.3. The summed E-state index contributed by atoms with van der Waals surface area (Å²) in [6.45, 7) is 0.556. The number of aromatic nitrogens is 4. The van der Waals surface area contributed by atoms with Gasteiger partial charge in [-0.1, -0.05) is 0 Å². The molecule has 0 fully saturated rings. The molecule has 0 saturated heterocycles. The van der Waals surface area contributed by atoms with Crippen LogP contribution in [0, 0.1) is 6.92 Å². The molecule has 2 N–H and O–H groups in total. The van der Waals surface area contributed by atoms with Gasteiger partial charge in [-0.3, -0.25) is 0 Å². The molecule has 18 heavy (non-hydrogen) atoms. The van der Waals surface area contributed by atoms with Gasteiger partial charge in [0.1, 0.15) is 6.54 Å². The number of hydrogen-bond donors (Lipinski definition) is 1. The third-order valence-corrected chi connectivity index (χ3v) is 2.22. The molecule has 1 heterocycles. The zero-order chi connectivity index (χ0) is 13.3. The summed E-state index contributed by atoms with van der Waals surface area (Å²) in [4.78, 5) is 0. The number of nitrogens with two attached hydrogens (primary N) is 1. The second kappa shape index (κ2) is 4.28. The number of benzene rings is 1. The SMILES string of the molecule is Cc1cc(N)cc(-c2nnnn2CC(F)(F)F)c1. The highest BCUT2D eigenvalue weighted by atomic mass is 19.4. The summed E-state index contributed by atoms with van der Waals surface area (Å²) in [6, 6.07) is 4.92. The lowest BCUT2D eigenvalue weighted by Gasteiger charge is -2.08. The first-order chi connectivity index (χ1) is 8.35. The van der Waals surface area contributed by atoms with E-state index in [9.17, 15) is 13.2 Å². The Morgan fingerprint density at radius 2 is 2.00 bits per heavy atom. The van der Waals surface area contributed by atoms with Crippen LogP contribution in [0.15, 0.2) is 18.2 Å². The van der Waals surface area contributed by atoms with Crippen LogP contribution >= 0.6 is 0 Å². The van der Waals surface area contributed by atoms with E-state index in [4.69, 9.17) is 5.73 Å². The van der Waals surface area contributed by atoms with Gasteiger partial charge in [-0.25, -0.2) is 4.68 Å². The third-order valence-electron chi connectivity index (χ3n) is 2.22. The number of halogens is 3. The molecular weight excluding hydrogens is 247 g/mol. The maximum Gasteiger partial charge on any atom is 0.408 e. The Balaban J connectivity index is 2.42. The maximum atomic E-state index is 12.3. The number of hydrogen-bond acceptors (Lipinski definition) is 4. The number of aryl methyl sites for hydroxylation is 1. The Bertz CT molecular complexity index is 541. The highest BCUT2D eigenvalue weighted by molar-refractivity contribution is 5.62. The van der Waals surface area contributed by atoms with Crippen LogP contribution < -0.4 is 5.73 Å². The molecule has 2 aromatic rings. The van der Waals surface area contributed by atoms with Crippen LogP contribution in [0.2, 0.25) is 0 Å². The number of nitrogens with zero attached hydrogens (tertiary/aromatic N) is 4. The van der Waals surface area contributed by atoms with Crippen LogP contribution in [0.1, 0.15) is 5.56 Å². The average Bonchev–Trinajstić information content (AvgIpc) is 2.61. The first-order valence-electron chi connectivity index (χ1n) is 5.05. The van der Waals surface area contributed by atoms with E-state index in [0.717, 1.165) is 5.56 Å². The summed E-state index contributed by atoms with van der Waals surface area (Å²) >= 11 is 0. The Morgan fingerprint density at radius 3 is 2.61 bits per heavy atom. The molecule has 5 nitrogen and oxygen atoms in total. The van der Waals surface area contributed by atoms with Crippen molar-refractivity contribution in [3.05, 3.63) is 23.8 Å². The molecule has 0 amide bonds. The first kappa shape index (κ1) is 12.3. The van der Waals surface area contributed by atoms with E-state index < -0.39 is 12.7 Å². The van der Waals surface area contributed by atoms with Crippen molar-refractivity contribution in [1.82, 2.24) is 20.2 Å². The summed E-state index contributed by atoms with van der Waals surface area (Å²) in [6.07, 6.45) is -4.38. The molecule has 1 aromatic carbocycles. The largest absolute Gasteiger partial charge is 0.408 e. The summed E-state index contributed by atoms with van der Waals surface area (Å²) in [5.41, 5.74) is 7.38. The molecular formula is C10H10F3N5. The molecule has 0 aliphatic heterocycles. The molecule has 0 bridgehead atoms. The summed E-state index contributed by atoms with van der Waals surface area (Å²) in [5, 5.41) is 10.2. The lowest BCUT2D eigenvalue weighted by Crippen LogP contribution is -2.19. The molecule has 1 aromatic heterocycles. The normalized spacial score (nSPS) is 11.8. The van der Waals surface area contributed by atoms with Crippen molar-refractivity contribution in [2.45, 2.75) is 19.6 Å². The van der Waals surface area contributed by atoms with Gasteiger partial charge < -0.3 is 5.73 Å². The molecule has 0 atom stereocenters. The Hall–Kier alpha value is -2.12. The van der Waals surface area contributed by atoms with Crippen LogP contribution in [0.4, 0.5) is 18.9 Å². The lowest BCUT2D eigenvalue weighted by molar-refractivity contribution is -0.142. The number of rotatable bonds is 2. The molecule has 0 saturated carbocycles. The zero-order valence-corrected chi connectivity index (χ0v) is 9.44. The van der Waals surface area contributed by atoms with Gasteiger partial charge >= 0.3 is 6.18 Å². The lowest BCUT2D eigenvalue weighted by atomic mass is 10.1. The standard InChI is InChI=1S/C10H10F3N5/c1-6-2-7(4-8(14)3-6)9-15-16-17-18(9)5-10(11,12)13/h2-4H,5,14H2,1H3. The van der Waals surface area contributed by atoms with E-state index in [2.05, 4.69) is 15.5 Å². The Morgan fingerprint density at radius 1 is 1.28 bits per heavy atom. The van der Waals surface area contributed by atoms with Crippen LogP contribution in [-0.4, -0.2) is 26.4 Å². The van der Waals surface area contributed by atoms with Crippen molar-refractivity contribution >= 4 is 5.69 Å². The van der Waals surface area contributed by atoms with Gasteiger partial charge in [0, 0.05) is 11.3 Å². The average molecular weight is 257 g/mol. The van der Waals surface area contributed by atoms with E-state index in [1.165, 1.54) is 6.07 Å². The van der Waals surface area contributed by atoms with Crippen molar-refractivity contribution in [3.8, 4) is 11.4 Å². The predicted molar refractivity (Wildman–Crippen MR) is 58.5 cm³/mol. The van der Waals surface area contributed by atoms with E-state index in [1.807, 2.05) is 0 Å². The van der Waals surface area contributed by atoms with Gasteiger partial charge in [0.2, 0.25) is 0 Å². The third kappa shape index (κ3) is 2.76. The van der Waals surface area contributed by atoms with Gasteiger partial charge in [0.25, 0.3) is 0 Å². The zero-order valence-electron chi connectivity index (χ0n) is 9.44. The molecule has 0 aliphatic rings. The van der Waals surface area contributed by atoms with E-state index >= 15 is 0 Å². The second-order valence-corrected chi connectivity index (χ2v) is 3.91. The fraction of sp³-hybridized carbons (Fsp3) is 0.300. The molecule has 0 aliphatic carbocycles. The summed E-state index contributed by atoms with van der Waals surface area (Å²) in [7, 11) is 0. The van der Waals surface area contributed by atoms with Crippen molar-refractivity contribution < 1.29 is 13.2 Å². The summed E-state index contributed by atoms with van der Waals surface area (Å²) in [5.74, 6) is 0.0442. The number of nitrogen functional groups attached to an aromatic ring is 1. The fourth-order valence-electron chi connectivity index (χ4n) is 1.63. The van der Waals surface area contributed by atoms with Gasteiger partial charge in [0.15, 0.2) is 5.82 Å². The Labute approximate surface area is 100 Å². The van der Waals surface area contributed by atoms with Crippen molar-refractivity contribution in [2.75, 3.05) is 5.73 Å². The van der Waals surface area contributed by atoms with Crippen LogP contribution in [0.5, 0.6) is 0 Å². The number of tetrazole rings is 1. The van der Waals surface area contributed by atoms with Crippen LogP contribution in [0.3, 0.4) is 0 Å². The molecule has 96 valence electrons. The molecule has 0 radical (unpaired) electrons. The van der Waals surface area contributed by atoms with Crippen molar-refractivity contribution in [3.63, 3.8) is 0 Å². The summed E-state index contributed by atoms with van der Waals surface area (Å²) < 4.78 is 37.7. The van der Waals surface area contributed by atoms with E-state index in [1.54, 1.807) is 19.1 Å². The molecule has 8 heteroatoms. The van der Waals surface area contributed by atoms with Crippen molar-refractivity contribution in [2.24, 2.45) is 0 Å². The fourth-order valence-corrected chi connectivity index (χ4v) is 1.63. The van der Waals surface area contributed by atoms with E-state index in [0.29, 0.717) is 15.9 Å². The topological polar surface area (TPSA) is 69.6 Å². The van der Waals surface area contributed by atoms with Gasteiger partial charge in [-0.05, 0) is 41.1 Å². The van der Waals surface area contributed by atoms with Crippen LogP contribution in [0.25, 0.3) is 11.4 Å². The van der Waals surface area contributed by atoms with Gasteiger partial charge in [0.05, 0.1) is 0 Å². The molecule has 0 spiro atoms. The van der Waals surface area contributed by atoms with Crippen LogP contribution in [-0.2, 0) is 6.54 Å². The smallest absolute Gasteiger partial charge is 0.399 e. The number of alkyl halides is 3. The van der Waals surface area contributed by atoms with E-state index in [-0.39, 0.29) is 5.82 Å². The quantitative estimate of drug-likeness (QED) is 0.833. The van der Waals surface area contributed by atoms with Gasteiger partial charge in [-0.15, -0.1) is 5.10 Å². The van der Waals surface area contributed by atoms with Gasteiger partial charge in [-0.2, -0.15) is 13.2 Å². The number of anilines is 1. The minimum Gasteiger partial charge on any atom is -0.399 e. The van der Waals surface area contributed by atoms with Crippen molar-refractivity contribution in [1.29, 1.82) is 0 Å². The molecule has 2 rings (SSSR count). The minimum atomic E-state index is -4.38. The monoisotopic (exact) mass is 257 g/mol.